The van der Waals surface area contributed by atoms with Crippen molar-refractivity contribution >= 4 is 11.8 Å². The van der Waals surface area contributed by atoms with Gasteiger partial charge in [-0.2, -0.15) is 0 Å². The Hall–Kier alpha value is -1.95. The molecule has 29 heavy (non-hydrogen) atoms. The van der Waals surface area contributed by atoms with Crippen molar-refractivity contribution in [1.29, 1.82) is 0 Å². The Bertz CT molecular complexity index is 654. The third-order valence-electron chi connectivity index (χ3n) is 6.62. The van der Waals surface area contributed by atoms with Crippen LogP contribution in [0.2, 0.25) is 0 Å². The van der Waals surface area contributed by atoms with Crippen LogP contribution in [0.15, 0.2) is 24.4 Å². The van der Waals surface area contributed by atoms with E-state index in [-0.39, 0.29) is 17.7 Å². The molecule has 2 aliphatic rings. The fourth-order valence-corrected chi connectivity index (χ4v) is 4.72. The fraction of sp³-hybridized carbons (Fsp3) is 0.696. The van der Waals surface area contributed by atoms with Gasteiger partial charge in [0.1, 0.15) is 0 Å². The summed E-state index contributed by atoms with van der Waals surface area (Å²) in [5, 5.41) is 3.06. The Kier molecular flexibility index (Phi) is 8.04. The summed E-state index contributed by atoms with van der Waals surface area (Å²) < 4.78 is 0. The molecule has 2 amide bonds. The molecule has 0 aliphatic carbocycles. The maximum Gasteiger partial charge on any atom is 0.225 e. The van der Waals surface area contributed by atoms with E-state index in [4.69, 9.17) is 0 Å². The first-order chi connectivity index (χ1) is 14.1. The average Bonchev–Trinajstić information content (AvgIpc) is 2.79. The van der Waals surface area contributed by atoms with Crippen LogP contribution in [-0.4, -0.2) is 58.8 Å². The Balaban J connectivity index is 1.46. The van der Waals surface area contributed by atoms with Crippen molar-refractivity contribution in [3.63, 3.8) is 0 Å². The number of amides is 2. The highest BCUT2D eigenvalue weighted by Gasteiger charge is 2.33. The molecule has 3 heterocycles. The highest BCUT2D eigenvalue weighted by atomic mass is 16.2. The van der Waals surface area contributed by atoms with Crippen LogP contribution in [0.25, 0.3) is 0 Å². The molecular weight excluding hydrogens is 364 g/mol. The molecule has 6 heteroatoms. The van der Waals surface area contributed by atoms with Gasteiger partial charge in [-0.1, -0.05) is 19.9 Å². The minimum atomic E-state index is 0.0525. The molecule has 0 unspecified atom stereocenters. The van der Waals surface area contributed by atoms with Crippen molar-refractivity contribution in [2.24, 2.45) is 11.8 Å². The van der Waals surface area contributed by atoms with E-state index in [1.54, 1.807) is 6.20 Å². The van der Waals surface area contributed by atoms with Gasteiger partial charge >= 0.3 is 0 Å². The lowest BCUT2D eigenvalue weighted by atomic mass is 9.92. The Labute approximate surface area is 175 Å². The highest BCUT2D eigenvalue weighted by Crippen LogP contribution is 2.25. The van der Waals surface area contributed by atoms with Gasteiger partial charge in [-0.3, -0.25) is 19.5 Å². The number of carbonyl (C=O) groups excluding carboxylic acids is 2. The first kappa shape index (κ1) is 21.8. The van der Waals surface area contributed by atoms with Crippen molar-refractivity contribution in [3.05, 3.63) is 30.1 Å². The monoisotopic (exact) mass is 400 g/mol. The van der Waals surface area contributed by atoms with Gasteiger partial charge in [-0.25, -0.2) is 0 Å². The zero-order chi connectivity index (χ0) is 20.6. The molecular formula is C23H36N4O2. The third-order valence-corrected chi connectivity index (χ3v) is 6.62. The van der Waals surface area contributed by atoms with Gasteiger partial charge in [0, 0.05) is 37.8 Å². The van der Waals surface area contributed by atoms with E-state index in [1.807, 2.05) is 18.2 Å². The smallest absolute Gasteiger partial charge is 0.225 e. The summed E-state index contributed by atoms with van der Waals surface area (Å²) in [6.45, 7) is 8.30. The second-order valence-corrected chi connectivity index (χ2v) is 8.44. The van der Waals surface area contributed by atoms with Crippen molar-refractivity contribution in [2.45, 2.75) is 65.0 Å². The fourth-order valence-electron chi connectivity index (χ4n) is 4.72. The zero-order valence-corrected chi connectivity index (χ0v) is 18.0. The minimum Gasteiger partial charge on any atom is -0.350 e. The lowest BCUT2D eigenvalue weighted by Gasteiger charge is -2.42. The molecule has 2 saturated heterocycles. The summed E-state index contributed by atoms with van der Waals surface area (Å²) in [4.78, 5) is 34.1. The Morgan fingerprint density at radius 2 is 1.90 bits per heavy atom. The lowest BCUT2D eigenvalue weighted by molar-refractivity contribution is -0.137. The zero-order valence-electron chi connectivity index (χ0n) is 18.0. The van der Waals surface area contributed by atoms with Crippen molar-refractivity contribution < 1.29 is 9.59 Å². The number of hydrogen-bond acceptors (Lipinski definition) is 4. The molecule has 1 N–H and O–H groups in total. The molecule has 0 bridgehead atoms. The summed E-state index contributed by atoms with van der Waals surface area (Å²) in [7, 11) is 0. The number of rotatable bonds is 7. The van der Waals surface area contributed by atoms with Crippen molar-refractivity contribution in [1.82, 2.24) is 20.1 Å². The number of nitrogens with zero attached hydrogens (tertiary/aromatic N) is 3. The van der Waals surface area contributed by atoms with Gasteiger partial charge in [0.05, 0.1) is 18.2 Å². The standard InChI is InChI=1S/C23H36N4O2/c1-3-18(4-2)23(29)26-14-10-21(11-15-26)27-13-7-8-19(17-27)22(28)25-16-20-9-5-6-12-24-20/h5-6,9,12,18-19,21H,3-4,7-8,10-11,13-17H2,1-2H3,(H,25,28)/t19-/m0/s1. The van der Waals surface area contributed by atoms with Gasteiger partial charge in [-0.05, 0) is 57.2 Å². The van der Waals surface area contributed by atoms with Crippen LogP contribution in [0, 0.1) is 11.8 Å². The quantitative estimate of drug-likeness (QED) is 0.764. The molecule has 0 saturated carbocycles. The molecule has 160 valence electrons. The van der Waals surface area contributed by atoms with E-state index in [0.29, 0.717) is 18.5 Å². The van der Waals surface area contributed by atoms with E-state index in [2.05, 4.69) is 33.9 Å². The van der Waals surface area contributed by atoms with Gasteiger partial charge in [0.15, 0.2) is 0 Å². The normalized spacial score (nSPS) is 21.3. The molecule has 1 atom stereocenters. The number of carbonyl (C=O) groups is 2. The van der Waals surface area contributed by atoms with Crippen LogP contribution in [0.5, 0.6) is 0 Å². The average molecular weight is 401 g/mol. The molecule has 0 aromatic carbocycles. The van der Waals surface area contributed by atoms with Crippen LogP contribution in [0.3, 0.4) is 0 Å². The van der Waals surface area contributed by atoms with Gasteiger partial charge in [0.2, 0.25) is 11.8 Å². The SMILES string of the molecule is CCC(CC)C(=O)N1CCC(N2CCC[C@H](C(=O)NCc3ccccn3)C2)CC1. The molecule has 6 nitrogen and oxygen atoms in total. The molecule has 0 radical (unpaired) electrons. The summed E-state index contributed by atoms with van der Waals surface area (Å²) in [6.07, 6.45) is 7.67. The molecule has 2 aliphatic heterocycles. The van der Waals surface area contributed by atoms with Gasteiger partial charge in [0.25, 0.3) is 0 Å². The van der Waals surface area contributed by atoms with E-state index in [0.717, 1.165) is 70.4 Å². The second kappa shape index (κ2) is 10.7. The maximum absolute atomic E-state index is 12.7. The predicted octanol–water partition coefficient (Wildman–Crippen LogP) is 2.84. The van der Waals surface area contributed by atoms with E-state index in [9.17, 15) is 9.59 Å². The topological polar surface area (TPSA) is 65.5 Å². The summed E-state index contributed by atoms with van der Waals surface area (Å²) in [5.41, 5.74) is 0.892. The molecule has 1 aromatic heterocycles. The van der Waals surface area contributed by atoms with Crippen molar-refractivity contribution in [3.8, 4) is 0 Å². The van der Waals surface area contributed by atoms with E-state index < -0.39 is 0 Å². The molecule has 0 spiro atoms. The van der Waals surface area contributed by atoms with Gasteiger partial charge in [-0.15, -0.1) is 0 Å². The summed E-state index contributed by atoms with van der Waals surface area (Å²) in [5.74, 6) is 0.700. The number of hydrogen-bond donors (Lipinski definition) is 1. The summed E-state index contributed by atoms with van der Waals surface area (Å²) in [6, 6.07) is 6.25. The number of piperidine rings is 2. The molecule has 3 rings (SSSR count). The molecule has 1 aromatic rings. The van der Waals surface area contributed by atoms with Crippen LogP contribution >= 0.6 is 0 Å². The summed E-state index contributed by atoms with van der Waals surface area (Å²) >= 11 is 0. The van der Waals surface area contributed by atoms with Crippen LogP contribution in [-0.2, 0) is 16.1 Å². The number of aromatic nitrogens is 1. The second-order valence-electron chi connectivity index (χ2n) is 8.44. The van der Waals surface area contributed by atoms with Gasteiger partial charge < -0.3 is 10.2 Å². The number of likely N-dealkylation sites (tertiary alicyclic amines) is 2. The largest absolute Gasteiger partial charge is 0.350 e. The van der Waals surface area contributed by atoms with Crippen LogP contribution < -0.4 is 5.32 Å². The molecule has 2 fully saturated rings. The first-order valence-electron chi connectivity index (χ1n) is 11.3. The van der Waals surface area contributed by atoms with Crippen LogP contribution in [0.4, 0.5) is 0 Å². The Morgan fingerprint density at radius 3 is 2.55 bits per heavy atom. The number of pyridine rings is 1. The Morgan fingerprint density at radius 1 is 1.14 bits per heavy atom. The first-order valence-corrected chi connectivity index (χ1v) is 11.3. The maximum atomic E-state index is 12.7. The predicted molar refractivity (Wildman–Crippen MR) is 114 cm³/mol. The highest BCUT2D eigenvalue weighted by molar-refractivity contribution is 5.79. The van der Waals surface area contributed by atoms with E-state index in [1.165, 1.54) is 0 Å². The number of nitrogens with one attached hydrogen (secondary N) is 1. The lowest BCUT2D eigenvalue weighted by Crippen LogP contribution is -2.52. The minimum absolute atomic E-state index is 0.0525. The van der Waals surface area contributed by atoms with Crippen LogP contribution in [0.1, 0.15) is 58.1 Å². The van der Waals surface area contributed by atoms with Crippen molar-refractivity contribution in [2.75, 3.05) is 26.2 Å². The third kappa shape index (κ3) is 5.78. The van der Waals surface area contributed by atoms with E-state index >= 15 is 0 Å².